The second-order valence-corrected chi connectivity index (χ2v) is 9.18. The van der Waals surface area contributed by atoms with Gasteiger partial charge < -0.3 is 0 Å². The van der Waals surface area contributed by atoms with E-state index in [1.165, 1.54) is 33.4 Å². The molecule has 0 aromatic heterocycles. The maximum Gasteiger partial charge on any atom is -0.0105 e. The molecule has 0 amide bonds. The number of aryl methyl sites for hydroxylation is 1. The summed E-state index contributed by atoms with van der Waals surface area (Å²) in [5.41, 5.74) is 9.77. The number of terminal acetylenes is 1. The van der Waals surface area contributed by atoms with Crippen molar-refractivity contribution in [2.24, 2.45) is 5.41 Å². The Kier molecular flexibility index (Phi) is 16.0. The molecule has 0 aliphatic rings. The van der Waals surface area contributed by atoms with Gasteiger partial charge in [-0.15, -0.1) is 19.4 Å². The lowest BCUT2D eigenvalue weighted by Gasteiger charge is -2.20. The molecule has 0 N–H and O–H groups in total. The molecule has 0 unspecified atom stereocenters. The Bertz CT molecular complexity index is 785. The zero-order valence-corrected chi connectivity index (χ0v) is 21.6. The van der Waals surface area contributed by atoms with Crippen molar-refractivity contribution in [1.29, 1.82) is 0 Å². The molecule has 1 aromatic carbocycles. The van der Waals surface area contributed by atoms with Gasteiger partial charge in [-0.25, -0.2) is 0 Å². The first-order valence-corrected chi connectivity index (χ1v) is 11.1. The minimum Gasteiger partial charge on any atom is -0.124 e. The molecular formula is C31H46. The Morgan fingerprint density at radius 2 is 1.68 bits per heavy atom. The van der Waals surface area contributed by atoms with Crippen LogP contribution in [0.15, 0.2) is 67.3 Å². The minimum absolute atomic E-state index is 0.335. The van der Waals surface area contributed by atoms with Crippen LogP contribution in [0.4, 0.5) is 0 Å². The Balaban J connectivity index is 0. The van der Waals surface area contributed by atoms with Gasteiger partial charge in [-0.05, 0) is 81.0 Å². The van der Waals surface area contributed by atoms with Gasteiger partial charge in [-0.3, -0.25) is 0 Å². The van der Waals surface area contributed by atoms with E-state index >= 15 is 0 Å². The molecule has 0 radical (unpaired) electrons. The highest BCUT2D eigenvalue weighted by Gasteiger charge is 2.13. The van der Waals surface area contributed by atoms with Crippen LogP contribution in [0.2, 0.25) is 0 Å². The van der Waals surface area contributed by atoms with Gasteiger partial charge in [0.2, 0.25) is 0 Å². The molecule has 170 valence electrons. The molecule has 0 nitrogen and oxygen atoms in total. The van der Waals surface area contributed by atoms with Crippen molar-refractivity contribution in [3.63, 3.8) is 0 Å². The summed E-state index contributed by atoms with van der Waals surface area (Å²) in [6.07, 6.45) is 20.5. The zero-order chi connectivity index (χ0) is 24.6. The van der Waals surface area contributed by atoms with Gasteiger partial charge >= 0.3 is 0 Å². The molecule has 31 heavy (non-hydrogen) atoms. The normalized spacial score (nSPS) is 11.1. The van der Waals surface area contributed by atoms with Crippen LogP contribution in [-0.4, -0.2) is 0 Å². The number of rotatable bonds is 8. The number of hydrogen-bond acceptors (Lipinski definition) is 0. The Labute approximate surface area is 194 Å². The molecule has 0 heteroatoms. The van der Waals surface area contributed by atoms with E-state index in [2.05, 4.69) is 111 Å². The van der Waals surface area contributed by atoms with Gasteiger partial charge in [-0.2, -0.15) is 0 Å². The van der Waals surface area contributed by atoms with Crippen molar-refractivity contribution in [2.75, 3.05) is 0 Å². The monoisotopic (exact) mass is 418 g/mol. The lowest BCUT2D eigenvalue weighted by atomic mass is 9.85. The Morgan fingerprint density at radius 3 is 2.10 bits per heavy atom. The summed E-state index contributed by atoms with van der Waals surface area (Å²) < 4.78 is 0. The van der Waals surface area contributed by atoms with E-state index in [4.69, 9.17) is 0 Å². The summed E-state index contributed by atoms with van der Waals surface area (Å²) in [7, 11) is 0. The predicted molar refractivity (Wildman–Crippen MR) is 145 cm³/mol. The van der Waals surface area contributed by atoms with E-state index < -0.39 is 0 Å². The predicted octanol–water partition coefficient (Wildman–Crippen LogP) is 9.60. The van der Waals surface area contributed by atoms with Crippen LogP contribution in [0.1, 0.15) is 83.1 Å². The van der Waals surface area contributed by atoms with E-state index in [-0.39, 0.29) is 0 Å². The molecule has 0 atom stereocenters. The second kappa shape index (κ2) is 16.2. The first-order chi connectivity index (χ1) is 14.5. The number of allylic oxidation sites excluding steroid dienone is 7. The molecule has 0 aliphatic carbocycles. The van der Waals surface area contributed by atoms with E-state index in [0.29, 0.717) is 5.41 Å². The summed E-state index contributed by atoms with van der Waals surface area (Å²) in [6, 6.07) is 4.36. The summed E-state index contributed by atoms with van der Waals surface area (Å²) >= 11 is 0. The van der Waals surface area contributed by atoms with E-state index in [1.54, 1.807) is 0 Å². The fourth-order valence-electron chi connectivity index (χ4n) is 3.59. The molecule has 0 bridgehead atoms. The van der Waals surface area contributed by atoms with Gasteiger partial charge in [0, 0.05) is 0 Å². The minimum atomic E-state index is 0.335. The van der Waals surface area contributed by atoms with Crippen molar-refractivity contribution < 1.29 is 0 Å². The van der Waals surface area contributed by atoms with Crippen molar-refractivity contribution in [3.05, 3.63) is 89.6 Å². The summed E-state index contributed by atoms with van der Waals surface area (Å²) in [5.74, 6) is 0. The van der Waals surface area contributed by atoms with Crippen LogP contribution in [0.5, 0.6) is 0 Å². The fourth-order valence-corrected chi connectivity index (χ4v) is 3.59. The third kappa shape index (κ3) is 13.4. The average molecular weight is 419 g/mol. The standard InChI is InChI=1S/C16H26.C13H18.C2H2/c1-7-9-11-15(13-16(4,5)6)12-14(3)10-8-2;1-6-12-10(4)7-8-13(9(2)3)11(12)5;1-2/h7-9,11H,2-3,10,12-13H2,1,4-6H3;7-8H,2,6H2,1,3-5H3;1-2H/b9-7-,15-11-;;. The van der Waals surface area contributed by atoms with Gasteiger partial charge in [0.1, 0.15) is 0 Å². The van der Waals surface area contributed by atoms with Crippen molar-refractivity contribution in [1.82, 2.24) is 0 Å². The van der Waals surface area contributed by atoms with E-state index in [0.717, 1.165) is 31.3 Å². The topological polar surface area (TPSA) is 0 Å². The molecule has 0 saturated carbocycles. The van der Waals surface area contributed by atoms with Crippen LogP contribution in [0.3, 0.4) is 0 Å². The second-order valence-electron chi connectivity index (χ2n) is 9.18. The first kappa shape index (κ1) is 30.7. The molecule has 0 fully saturated rings. The van der Waals surface area contributed by atoms with Crippen LogP contribution >= 0.6 is 0 Å². The van der Waals surface area contributed by atoms with E-state index in [9.17, 15) is 0 Å². The van der Waals surface area contributed by atoms with Crippen LogP contribution < -0.4 is 0 Å². The molecule has 0 heterocycles. The van der Waals surface area contributed by atoms with Crippen molar-refractivity contribution in [3.8, 4) is 12.8 Å². The SMILES string of the molecule is C#C.C=C(C)c1ccc(C)c(CC)c1C.C=CCC(=C)C/C(=C/C=C\C)CC(C)(C)C. The third-order valence-electron chi connectivity index (χ3n) is 4.84. The Hall–Kier alpha value is -2.52. The summed E-state index contributed by atoms with van der Waals surface area (Å²) in [4.78, 5) is 0. The molecule has 0 saturated heterocycles. The zero-order valence-electron chi connectivity index (χ0n) is 21.6. The summed E-state index contributed by atoms with van der Waals surface area (Å²) in [6.45, 7) is 29.3. The van der Waals surface area contributed by atoms with Gasteiger partial charge in [-0.1, -0.05) is 94.0 Å². The average Bonchev–Trinajstić information content (AvgIpc) is 2.67. The third-order valence-corrected chi connectivity index (χ3v) is 4.84. The Morgan fingerprint density at radius 1 is 1.10 bits per heavy atom. The van der Waals surface area contributed by atoms with Crippen LogP contribution in [0, 0.1) is 32.1 Å². The summed E-state index contributed by atoms with van der Waals surface area (Å²) in [5, 5.41) is 0. The highest BCUT2D eigenvalue weighted by molar-refractivity contribution is 5.66. The van der Waals surface area contributed by atoms with Gasteiger partial charge in [0.05, 0.1) is 0 Å². The van der Waals surface area contributed by atoms with Crippen LogP contribution in [-0.2, 0) is 6.42 Å². The molecule has 0 aliphatic heterocycles. The smallest absolute Gasteiger partial charge is 0.0105 e. The molecule has 1 rings (SSSR count). The molecule has 0 spiro atoms. The van der Waals surface area contributed by atoms with Gasteiger partial charge in [0.15, 0.2) is 0 Å². The largest absolute Gasteiger partial charge is 0.124 e. The quantitative estimate of drug-likeness (QED) is 0.224. The maximum atomic E-state index is 4.09. The van der Waals surface area contributed by atoms with Crippen molar-refractivity contribution in [2.45, 2.75) is 81.1 Å². The lowest BCUT2D eigenvalue weighted by molar-refractivity contribution is 0.406. The highest BCUT2D eigenvalue weighted by Crippen LogP contribution is 2.28. The maximum absolute atomic E-state index is 4.09. The first-order valence-electron chi connectivity index (χ1n) is 11.1. The fraction of sp³-hybridized carbons (Fsp3) is 0.419. The molecule has 1 aromatic rings. The van der Waals surface area contributed by atoms with E-state index in [1.807, 2.05) is 13.0 Å². The van der Waals surface area contributed by atoms with Crippen molar-refractivity contribution >= 4 is 5.57 Å². The lowest BCUT2D eigenvalue weighted by Crippen LogP contribution is -2.06. The van der Waals surface area contributed by atoms with Crippen LogP contribution in [0.25, 0.3) is 5.57 Å². The number of benzene rings is 1. The highest BCUT2D eigenvalue weighted by atomic mass is 14.2. The molecular weight excluding hydrogens is 372 g/mol. The number of hydrogen-bond donors (Lipinski definition) is 0. The van der Waals surface area contributed by atoms with Gasteiger partial charge in [0.25, 0.3) is 0 Å².